The Morgan fingerprint density at radius 1 is 1.12 bits per heavy atom. The lowest BCUT2D eigenvalue weighted by atomic mass is 10.1. The highest BCUT2D eigenvalue weighted by Crippen LogP contribution is 2.18. The summed E-state index contributed by atoms with van der Waals surface area (Å²) in [7, 11) is 1.61. The smallest absolute Gasteiger partial charge is 0.408 e. The number of aryl methyl sites for hydroxylation is 1. The molecule has 2 aromatic carbocycles. The van der Waals surface area contributed by atoms with Crippen molar-refractivity contribution in [2.75, 3.05) is 5.32 Å². The second-order valence-electron chi connectivity index (χ2n) is 5.59. The highest BCUT2D eigenvalue weighted by atomic mass is 35.5. The number of hydrogen-bond donors (Lipinski definition) is 1. The number of Topliss-reactive ketones (excluding diaryl/α,β-unsaturated/α-hetero) is 1. The molecular weight excluding hydrogens is 344 g/mol. The molecule has 0 radical (unpaired) electrons. The Morgan fingerprint density at radius 3 is 2.56 bits per heavy atom. The van der Waals surface area contributed by atoms with Gasteiger partial charge in [-0.3, -0.25) is 14.2 Å². The summed E-state index contributed by atoms with van der Waals surface area (Å²) >= 11 is 5.78. The number of carbonyl (C=O) groups excluding carboxylic acids is 2. The average Bonchev–Trinajstić information content (AvgIpc) is 2.87. The van der Waals surface area contributed by atoms with Gasteiger partial charge in [-0.05, 0) is 36.4 Å². The first-order valence-corrected chi connectivity index (χ1v) is 8.00. The number of nitrogens with zero attached hydrogens (tertiary/aromatic N) is 1. The fourth-order valence-corrected chi connectivity index (χ4v) is 2.57. The van der Waals surface area contributed by atoms with Crippen LogP contribution in [-0.2, 0) is 11.8 Å². The largest absolute Gasteiger partial charge is 0.419 e. The zero-order chi connectivity index (χ0) is 18.0. The van der Waals surface area contributed by atoms with Gasteiger partial charge in [0.15, 0.2) is 11.4 Å². The number of aromatic nitrogens is 1. The fourth-order valence-electron chi connectivity index (χ4n) is 2.44. The van der Waals surface area contributed by atoms with Crippen molar-refractivity contribution < 1.29 is 14.0 Å². The van der Waals surface area contributed by atoms with Crippen LogP contribution in [0.15, 0.2) is 51.7 Å². The van der Waals surface area contributed by atoms with Gasteiger partial charge in [0.05, 0.1) is 5.52 Å². The van der Waals surface area contributed by atoms with Crippen LogP contribution in [0, 0.1) is 0 Å². The normalized spacial score (nSPS) is 10.8. The fraction of sp³-hybridized carbons (Fsp3) is 0.167. The number of anilines is 1. The number of nitrogens with one attached hydrogen (secondary N) is 1. The number of rotatable bonds is 5. The van der Waals surface area contributed by atoms with Gasteiger partial charge in [-0.15, -0.1) is 0 Å². The summed E-state index contributed by atoms with van der Waals surface area (Å²) < 4.78 is 6.46. The Bertz CT molecular complexity index is 1000. The second-order valence-corrected chi connectivity index (χ2v) is 6.02. The zero-order valence-electron chi connectivity index (χ0n) is 13.4. The molecule has 128 valence electrons. The van der Waals surface area contributed by atoms with Gasteiger partial charge in [-0.25, -0.2) is 4.79 Å². The van der Waals surface area contributed by atoms with E-state index in [-0.39, 0.29) is 24.5 Å². The maximum atomic E-state index is 12.1. The van der Waals surface area contributed by atoms with Crippen molar-refractivity contribution >= 4 is 40.1 Å². The number of oxazole rings is 1. The first-order chi connectivity index (χ1) is 11.9. The molecule has 0 aliphatic carbocycles. The van der Waals surface area contributed by atoms with E-state index in [9.17, 15) is 14.4 Å². The number of fused-ring (bicyclic) bond motifs is 1. The van der Waals surface area contributed by atoms with Crippen LogP contribution in [0.25, 0.3) is 11.1 Å². The van der Waals surface area contributed by atoms with Crippen LogP contribution in [-0.4, -0.2) is 16.3 Å². The molecule has 1 aromatic heterocycles. The summed E-state index contributed by atoms with van der Waals surface area (Å²) in [4.78, 5) is 35.5. The summed E-state index contributed by atoms with van der Waals surface area (Å²) in [5, 5.41) is 3.25. The third-order valence-electron chi connectivity index (χ3n) is 3.82. The molecule has 1 heterocycles. The predicted octanol–water partition coefficient (Wildman–Crippen LogP) is 3.39. The monoisotopic (exact) mass is 358 g/mol. The first kappa shape index (κ1) is 17.0. The average molecular weight is 359 g/mol. The minimum absolute atomic E-state index is 0.0538. The molecule has 0 spiro atoms. The molecule has 0 aliphatic heterocycles. The number of benzene rings is 2. The Hall–Kier alpha value is -2.86. The van der Waals surface area contributed by atoms with Gasteiger partial charge in [0, 0.05) is 42.2 Å². The van der Waals surface area contributed by atoms with Crippen molar-refractivity contribution in [2.45, 2.75) is 12.8 Å². The van der Waals surface area contributed by atoms with E-state index in [4.69, 9.17) is 16.0 Å². The standard InChI is InChI=1S/C18H15ClN2O4/c1-21-14-7-6-13(10-16(14)25-18(21)24)20-17(23)9-8-15(22)11-2-4-12(19)5-3-11/h2-7,10H,8-9H2,1H3,(H,20,23). The summed E-state index contributed by atoms with van der Waals surface area (Å²) in [6, 6.07) is 11.5. The summed E-state index contributed by atoms with van der Waals surface area (Å²) in [6.45, 7) is 0. The SMILES string of the molecule is Cn1c(=O)oc2cc(NC(=O)CCC(=O)c3ccc(Cl)cc3)ccc21. The molecule has 1 N–H and O–H groups in total. The second kappa shape index (κ2) is 6.94. The number of ketones is 1. The lowest BCUT2D eigenvalue weighted by Crippen LogP contribution is -2.13. The van der Waals surface area contributed by atoms with Crippen LogP contribution in [0.1, 0.15) is 23.2 Å². The Balaban J connectivity index is 1.61. The number of halogens is 1. The summed E-state index contributed by atoms with van der Waals surface area (Å²) in [5.41, 5.74) is 2.05. The van der Waals surface area contributed by atoms with Gasteiger partial charge in [0.2, 0.25) is 5.91 Å². The number of amides is 1. The molecule has 1 amide bonds. The molecule has 0 bridgehead atoms. The third-order valence-corrected chi connectivity index (χ3v) is 4.07. The number of hydrogen-bond acceptors (Lipinski definition) is 4. The minimum atomic E-state index is -0.466. The van der Waals surface area contributed by atoms with Crippen LogP contribution in [0.4, 0.5) is 5.69 Å². The molecule has 0 fully saturated rings. The molecule has 0 atom stereocenters. The Kier molecular flexibility index (Phi) is 4.72. The minimum Gasteiger partial charge on any atom is -0.408 e. The highest BCUT2D eigenvalue weighted by molar-refractivity contribution is 6.30. The van der Waals surface area contributed by atoms with Crippen LogP contribution in [0.2, 0.25) is 5.02 Å². The highest BCUT2D eigenvalue weighted by Gasteiger charge is 2.11. The molecule has 7 heteroatoms. The van der Waals surface area contributed by atoms with Gasteiger partial charge >= 0.3 is 5.76 Å². The molecular formula is C18H15ClN2O4. The van der Waals surface area contributed by atoms with Crippen LogP contribution >= 0.6 is 11.6 Å². The first-order valence-electron chi connectivity index (χ1n) is 7.62. The van der Waals surface area contributed by atoms with E-state index in [2.05, 4.69) is 5.32 Å². The van der Waals surface area contributed by atoms with E-state index in [1.54, 1.807) is 49.5 Å². The van der Waals surface area contributed by atoms with E-state index >= 15 is 0 Å². The molecule has 3 aromatic rings. The maximum Gasteiger partial charge on any atom is 0.419 e. The molecule has 0 saturated heterocycles. The quantitative estimate of drug-likeness (QED) is 0.709. The van der Waals surface area contributed by atoms with Crippen molar-refractivity contribution in [3.05, 3.63) is 63.6 Å². The van der Waals surface area contributed by atoms with E-state index in [1.165, 1.54) is 4.57 Å². The van der Waals surface area contributed by atoms with Crippen molar-refractivity contribution in [1.29, 1.82) is 0 Å². The third kappa shape index (κ3) is 3.80. The van der Waals surface area contributed by atoms with Crippen LogP contribution in [0.3, 0.4) is 0 Å². The van der Waals surface area contributed by atoms with Crippen molar-refractivity contribution in [3.8, 4) is 0 Å². The van der Waals surface area contributed by atoms with Gasteiger partial charge in [0.25, 0.3) is 0 Å². The molecule has 25 heavy (non-hydrogen) atoms. The lowest BCUT2D eigenvalue weighted by Gasteiger charge is -2.05. The molecule has 0 unspecified atom stereocenters. The van der Waals surface area contributed by atoms with Crippen LogP contribution < -0.4 is 11.1 Å². The maximum absolute atomic E-state index is 12.1. The number of carbonyl (C=O) groups is 2. The Morgan fingerprint density at radius 2 is 1.84 bits per heavy atom. The summed E-state index contributed by atoms with van der Waals surface area (Å²) in [6.07, 6.45) is 0.147. The summed E-state index contributed by atoms with van der Waals surface area (Å²) in [5.74, 6) is -0.886. The van der Waals surface area contributed by atoms with Crippen molar-refractivity contribution in [2.24, 2.45) is 7.05 Å². The van der Waals surface area contributed by atoms with E-state index in [0.29, 0.717) is 27.4 Å². The van der Waals surface area contributed by atoms with Crippen LogP contribution in [0.5, 0.6) is 0 Å². The van der Waals surface area contributed by atoms with Gasteiger partial charge in [-0.2, -0.15) is 0 Å². The van der Waals surface area contributed by atoms with E-state index in [0.717, 1.165) is 0 Å². The molecule has 6 nitrogen and oxygen atoms in total. The Labute approximate surface area is 148 Å². The van der Waals surface area contributed by atoms with Gasteiger partial charge < -0.3 is 9.73 Å². The van der Waals surface area contributed by atoms with Gasteiger partial charge in [0.1, 0.15) is 0 Å². The molecule has 0 saturated carbocycles. The van der Waals surface area contributed by atoms with E-state index in [1.807, 2.05) is 0 Å². The lowest BCUT2D eigenvalue weighted by molar-refractivity contribution is -0.116. The topological polar surface area (TPSA) is 81.3 Å². The molecule has 3 rings (SSSR count). The molecule has 0 aliphatic rings. The van der Waals surface area contributed by atoms with Crippen molar-refractivity contribution in [3.63, 3.8) is 0 Å². The van der Waals surface area contributed by atoms with Crippen molar-refractivity contribution in [1.82, 2.24) is 4.57 Å². The predicted molar refractivity (Wildman–Crippen MR) is 95.1 cm³/mol. The van der Waals surface area contributed by atoms with E-state index < -0.39 is 5.76 Å². The zero-order valence-corrected chi connectivity index (χ0v) is 14.2. The van der Waals surface area contributed by atoms with Gasteiger partial charge in [-0.1, -0.05) is 11.6 Å².